The van der Waals surface area contributed by atoms with Gasteiger partial charge in [-0.15, -0.1) is 0 Å². The SMILES string of the molecule is COCOc1ccccc1C(F)CBr. The molecule has 1 unspecified atom stereocenters. The standard InChI is InChI=1S/C10H12BrFO2/c1-13-7-14-10-5-3-2-4-8(10)9(12)6-11/h2-5,9H,6-7H2,1H3. The van der Waals surface area contributed by atoms with Crippen LogP contribution in [-0.4, -0.2) is 19.2 Å². The van der Waals surface area contributed by atoms with Crippen molar-refractivity contribution in [2.75, 3.05) is 19.2 Å². The Morgan fingerprint density at radius 2 is 2.14 bits per heavy atom. The van der Waals surface area contributed by atoms with E-state index >= 15 is 0 Å². The van der Waals surface area contributed by atoms with Crippen molar-refractivity contribution >= 4 is 15.9 Å². The Balaban J connectivity index is 2.79. The molecule has 1 atom stereocenters. The third-order valence-corrected chi connectivity index (χ3v) is 2.29. The topological polar surface area (TPSA) is 18.5 Å². The summed E-state index contributed by atoms with van der Waals surface area (Å²) in [6, 6.07) is 7.01. The van der Waals surface area contributed by atoms with E-state index in [1.807, 2.05) is 0 Å². The molecule has 0 aliphatic rings. The average Bonchev–Trinajstić information content (AvgIpc) is 2.25. The lowest BCUT2D eigenvalue weighted by Crippen LogP contribution is -2.03. The molecule has 14 heavy (non-hydrogen) atoms. The van der Waals surface area contributed by atoms with Gasteiger partial charge in [-0.3, -0.25) is 0 Å². The van der Waals surface area contributed by atoms with E-state index < -0.39 is 6.17 Å². The van der Waals surface area contributed by atoms with Gasteiger partial charge in [-0.25, -0.2) is 4.39 Å². The molecule has 0 aromatic heterocycles. The van der Waals surface area contributed by atoms with Crippen molar-refractivity contribution in [2.24, 2.45) is 0 Å². The molecular formula is C10H12BrFO2. The minimum Gasteiger partial charge on any atom is -0.467 e. The molecule has 0 saturated carbocycles. The molecule has 4 heteroatoms. The second kappa shape index (κ2) is 5.98. The van der Waals surface area contributed by atoms with Crippen molar-refractivity contribution < 1.29 is 13.9 Å². The van der Waals surface area contributed by atoms with Gasteiger partial charge in [0.1, 0.15) is 11.9 Å². The Morgan fingerprint density at radius 3 is 2.79 bits per heavy atom. The minimum atomic E-state index is -1.05. The second-order valence-corrected chi connectivity index (χ2v) is 3.36. The van der Waals surface area contributed by atoms with Crippen LogP contribution in [0.25, 0.3) is 0 Å². The Labute approximate surface area is 91.2 Å². The van der Waals surface area contributed by atoms with Gasteiger partial charge < -0.3 is 9.47 Å². The van der Waals surface area contributed by atoms with Crippen LogP contribution in [0.5, 0.6) is 5.75 Å². The van der Waals surface area contributed by atoms with E-state index in [1.54, 1.807) is 24.3 Å². The molecule has 0 spiro atoms. The first-order chi connectivity index (χ1) is 6.79. The van der Waals surface area contributed by atoms with Crippen molar-refractivity contribution in [3.8, 4) is 5.75 Å². The molecule has 1 rings (SSSR count). The number of para-hydroxylation sites is 1. The summed E-state index contributed by atoms with van der Waals surface area (Å²) in [7, 11) is 1.53. The number of ether oxygens (including phenoxy) is 2. The fourth-order valence-corrected chi connectivity index (χ4v) is 1.43. The summed E-state index contributed by atoms with van der Waals surface area (Å²) in [5.74, 6) is 0.529. The van der Waals surface area contributed by atoms with E-state index in [9.17, 15) is 4.39 Å². The number of benzene rings is 1. The van der Waals surface area contributed by atoms with Crippen LogP contribution in [0.3, 0.4) is 0 Å². The maximum Gasteiger partial charge on any atom is 0.188 e. The van der Waals surface area contributed by atoms with Gasteiger partial charge in [0, 0.05) is 18.0 Å². The molecule has 0 aliphatic heterocycles. The van der Waals surface area contributed by atoms with Gasteiger partial charge in [0.25, 0.3) is 0 Å². The van der Waals surface area contributed by atoms with Crippen molar-refractivity contribution in [3.63, 3.8) is 0 Å². The van der Waals surface area contributed by atoms with Crippen molar-refractivity contribution in [3.05, 3.63) is 29.8 Å². The highest BCUT2D eigenvalue weighted by Gasteiger charge is 2.13. The third kappa shape index (κ3) is 2.96. The van der Waals surface area contributed by atoms with E-state index in [-0.39, 0.29) is 12.1 Å². The number of alkyl halides is 2. The summed E-state index contributed by atoms with van der Waals surface area (Å²) in [6.07, 6.45) is -1.05. The quantitative estimate of drug-likeness (QED) is 0.600. The number of hydrogen-bond acceptors (Lipinski definition) is 2. The smallest absolute Gasteiger partial charge is 0.188 e. The van der Waals surface area contributed by atoms with E-state index in [1.165, 1.54) is 7.11 Å². The first-order valence-electron chi connectivity index (χ1n) is 4.20. The molecule has 2 nitrogen and oxygen atoms in total. The summed E-state index contributed by atoms with van der Waals surface area (Å²) in [5, 5.41) is 0.264. The first kappa shape index (κ1) is 11.5. The highest BCUT2D eigenvalue weighted by molar-refractivity contribution is 9.09. The predicted octanol–water partition coefficient (Wildman–Crippen LogP) is 3.07. The summed E-state index contributed by atoms with van der Waals surface area (Å²) in [5.41, 5.74) is 0.543. The van der Waals surface area contributed by atoms with Crippen molar-refractivity contribution in [1.29, 1.82) is 0 Å². The van der Waals surface area contributed by atoms with E-state index in [4.69, 9.17) is 9.47 Å². The van der Waals surface area contributed by atoms with Crippen LogP contribution >= 0.6 is 15.9 Å². The molecule has 0 aliphatic carbocycles. The maximum absolute atomic E-state index is 13.4. The molecule has 1 aromatic carbocycles. The van der Waals surface area contributed by atoms with Crippen LogP contribution in [0.15, 0.2) is 24.3 Å². The summed E-state index contributed by atoms with van der Waals surface area (Å²) in [6.45, 7) is 0.131. The van der Waals surface area contributed by atoms with Crippen molar-refractivity contribution in [2.45, 2.75) is 6.17 Å². The van der Waals surface area contributed by atoms with E-state index in [0.29, 0.717) is 11.3 Å². The lowest BCUT2D eigenvalue weighted by Gasteiger charge is -2.12. The molecule has 0 radical (unpaired) electrons. The molecular weight excluding hydrogens is 251 g/mol. The fourth-order valence-electron chi connectivity index (χ4n) is 1.08. The summed E-state index contributed by atoms with van der Waals surface area (Å²) < 4.78 is 23.4. The minimum absolute atomic E-state index is 0.131. The molecule has 0 N–H and O–H groups in total. The Morgan fingerprint density at radius 1 is 1.43 bits per heavy atom. The van der Waals surface area contributed by atoms with Gasteiger partial charge in [0.15, 0.2) is 6.79 Å². The zero-order chi connectivity index (χ0) is 10.4. The summed E-state index contributed by atoms with van der Waals surface area (Å²) in [4.78, 5) is 0. The highest BCUT2D eigenvalue weighted by atomic mass is 79.9. The summed E-state index contributed by atoms with van der Waals surface area (Å²) >= 11 is 3.09. The first-order valence-corrected chi connectivity index (χ1v) is 5.32. The van der Waals surface area contributed by atoms with Gasteiger partial charge in [-0.05, 0) is 6.07 Å². The average molecular weight is 263 g/mol. The molecule has 1 aromatic rings. The molecule has 0 bridgehead atoms. The van der Waals surface area contributed by atoms with Crippen LogP contribution in [-0.2, 0) is 4.74 Å². The fraction of sp³-hybridized carbons (Fsp3) is 0.400. The Bertz CT molecular complexity index is 281. The molecule has 0 amide bonds. The molecule has 0 saturated heterocycles. The Hall–Kier alpha value is -0.610. The van der Waals surface area contributed by atoms with Gasteiger partial charge in [0.2, 0.25) is 0 Å². The highest BCUT2D eigenvalue weighted by Crippen LogP contribution is 2.28. The predicted molar refractivity (Wildman–Crippen MR) is 56.6 cm³/mol. The van der Waals surface area contributed by atoms with Gasteiger partial charge in [-0.1, -0.05) is 34.1 Å². The molecule has 78 valence electrons. The molecule has 0 heterocycles. The van der Waals surface area contributed by atoms with Crippen LogP contribution in [0.1, 0.15) is 11.7 Å². The zero-order valence-corrected chi connectivity index (χ0v) is 9.46. The number of methoxy groups -OCH3 is 1. The number of rotatable bonds is 5. The van der Waals surface area contributed by atoms with Gasteiger partial charge in [0.05, 0.1) is 0 Å². The number of halogens is 2. The van der Waals surface area contributed by atoms with Crippen LogP contribution in [0, 0.1) is 0 Å². The lowest BCUT2D eigenvalue weighted by molar-refractivity contribution is 0.0496. The normalized spacial score (nSPS) is 12.5. The zero-order valence-electron chi connectivity index (χ0n) is 7.87. The Kier molecular flexibility index (Phi) is 4.90. The lowest BCUT2D eigenvalue weighted by atomic mass is 10.1. The van der Waals surface area contributed by atoms with Crippen molar-refractivity contribution in [1.82, 2.24) is 0 Å². The van der Waals surface area contributed by atoms with Crippen LogP contribution in [0.2, 0.25) is 0 Å². The van der Waals surface area contributed by atoms with Gasteiger partial charge >= 0.3 is 0 Å². The second-order valence-electron chi connectivity index (χ2n) is 2.71. The largest absolute Gasteiger partial charge is 0.467 e. The van der Waals surface area contributed by atoms with E-state index in [0.717, 1.165) is 0 Å². The van der Waals surface area contributed by atoms with Crippen LogP contribution < -0.4 is 4.74 Å². The maximum atomic E-state index is 13.4. The number of hydrogen-bond donors (Lipinski definition) is 0. The third-order valence-electron chi connectivity index (χ3n) is 1.72. The molecule has 0 fully saturated rings. The van der Waals surface area contributed by atoms with Crippen LogP contribution in [0.4, 0.5) is 4.39 Å². The van der Waals surface area contributed by atoms with Gasteiger partial charge in [-0.2, -0.15) is 0 Å². The monoisotopic (exact) mass is 262 g/mol. The van der Waals surface area contributed by atoms with E-state index in [2.05, 4.69) is 15.9 Å².